The zero-order valence-electron chi connectivity index (χ0n) is 8.46. The number of rotatable bonds is 3. The lowest BCUT2D eigenvalue weighted by Crippen LogP contribution is -2.20. The third-order valence-corrected chi connectivity index (χ3v) is 2.45. The fraction of sp³-hybridized carbons (Fsp3) is 0.300. The Labute approximate surface area is 100.0 Å². The minimum absolute atomic E-state index is 0.187. The van der Waals surface area contributed by atoms with Crippen LogP contribution < -0.4 is 5.73 Å². The van der Waals surface area contributed by atoms with Gasteiger partial charge in [0.05, 0.1) is 12.0 Å². The van der Waals surface area contributed by atoms with Gasteiger partial charge in [-0.25, -0.2) is 0 Å². The summed E-state index contributed by atoms with van der Waals surface area (Å²) < 4.78 is 38.0. The average molecular weight is 268 g/mol. The van der Waals surface area contributed by atoms with Crippen molar-refractivity contribution >= 4 is 17.6 Å². The van der Waals surface area contributed by atoms with Crippen LogP contribution in [0, 0.1) is 0 Å². The molecule has 0 saturated heterocycles. The standard InChI is InChI=1S/C10H9ClF3NO2/c11-6-3-1-2-5(10(12,13)14)9(6)7(15)4-8(16)17/h1-3,7H,4,15H2,(H,16,17). The molecule has 17 heavy (non-hydrogen) atoms. The Morgan fingerprint density at radius 2 is 2.06 bits per heavy atom. The van der Waals surface area contributed by atoms with Gasteiger partial charge in [-0.05, 0) is 12.1 Å². The minimum Gasteiger partial charge on any atom is -0.481 e. The van der Waals surface area contributed by atoms with E-state index in [1.54, 1.807) is 0 Å². The van der Waals surface area contributed by atoms with Gasteiger partial charge < -0.3 is 10.8 Å². The maximum Gasteiger partial charge on any atom is 0.416 e. The second kappa shape index (κ2) is 4.93. The topological polar surface area (TPSA) is 63.3 Å². The zero-order chi connectivity index (χ0) is 13.2. The van der Waals surface area contributed by atoms with Crippen LogP contribution in [-0.4, -0.2) is 11.1 Å². The predicted molar refractivity (Wildman–Crippen MR) is 55.6 cm³/mol. The first-order valence-electron chi connectivity index (χ1n) is 4.56. The van der Waals surface area contributed by atoms with E-state index in [4.69, 9.17) is 22.4 Å². The monoisotopic (exact) mass is 267 g/mol. The number of carboxylic acid groups (broad SMARTS) is 1. The largest absolute Gasteiger partial charge is 0.481 e. The van der Waals surface area contributed by atoms with E-state index >= 15 is 0 Å². The second-order valence-electron chi connectivity index (χ2n) is 3.40. The molecular weight excluding hydrogens is 259 g/mol. The van der Waals surface area contributed by atoms with E-state index in [2.05, 4.69) is 0 Å². The third kappa shape index (κ3) is 3.34. The van der Waals surface area contributed by atoms with Crippen LogP contribution in [0.2, 0.25) is 5.02 Å². The van der Waals surface area contributed by atoms with E-state index in [1.165, 1.54) is 6.07 Å². The van der Waals surface area contributed by atoms with Gasteiger partial charge in [0.1, 0.15) is 0 Å². The van der Waals surface area contributed by atoms with Crippen molar-refractivity contribution in [3.63, 3.8) is 0 Å². The lowest BCUT2D eigenvalue weighted by Gasteiger charge is -2.18. The summed E-state index contributed by atoms with van der Waals surface area (Å²) in [5, 5.41) is 8.34. The highest BCUT2D eigenvalue weighted by Crippen LogP contribution is 2.38. The molecule has 0 bridgehead atoms. The normalized spacial score (nSPS) is 13.5. The number of benzene rings is 1. The summed E-state index contributed by atoms with van der Waals surface area (Å²) in [5.41, 5.74) is 4.04. The summed E-state index contributed by atoms with van der Waals surface area (Å²) in [6.45, 7) is 0. The second-order valence-corrected chi connectivity index (χ2v) is 3.81. The summed E-state index contributed by atoms with van der Waals surface area (Å²) in [7, 11) is 0. The summed E-state index contributed by atoms with van der Waals surface area (Å²) in [6.07, 6.45) is -5.23. The van der Waals surface area contributed by atoms with E-state index in [1.807, 2.05) is 0 Å². The van der Waals surface area contributed by atoms with Gasteiger partial charge >= 0.3 is 12.1 Å². The molecule has 0 saturated carbocycles. The number of nitrogens with two attached hydrogens (primary N) is 1. The summed E-state index contributed by atoms with van der Waals surface area (Å²) >= 11 is 5.64. The Hall–Kier alpha value is -1.27. The van der Waals surface area contributed by atoms with Crippen molar-refractivity contribution in [3.05, 3.63) is 34.3 Å². The number of hydrogen-bond donors (Lipinski definition) is 2. The number of carbonyl (C=O) groups is 1. The molecule has 0 spiro atoms. The Morgan fingerprint density at radius 1 is 1.47 bits per heavy atom. The van der Waals surface area contributed by atoms with E-state index in [9.17, 15) is 18.0 Å². The van der Waals surface area contributed by atoms with Gasteiger partial charge in [-0.1, -0.05) is 17.7 Å². The first-order valence-corrected chi connectivity index (χ1v) is 4.94. The molecule has 1 atom stereocenters. The van der Waals surface area contributed by atoms with Crippen molar-refractivity contribution < 1.29 is 23.1 Å². The molecule has 7 heteroatoms. The highest BCUT2D eigenvalue weighted by molar-refractivity contribution is 6.31. The van der Waals surface area contributed by atoms with Crippen LogP contribution in [0.15, 0.2) is 18.2 Å². The lowest BCUT2D eigenvalue weighted by atomic mass is 9.98. The fourth-order valence-electron chi connectivity index (χ4n) is 1.45. The predicted octanol–water partition coefficient (Wildman–Crippen LogP) is 2.83. The first-order chi connectivity index (χ1) is 7.73. The van der Waals surface area contributed by atoms with E-state index in [0.717, 1.165) is 12.1 Å². The van der Waals surface area contributed by atoms with Gasteiger partial charge in [0.15, 0.2) is 0 Å². The molecule has 1 aromatic rings. The number of halogens is 4. The van der Waals surface area contributed by atoms with E-state index in [0.29, 0.717) is 0 Å². The number of hydrogen-bond acceptors (Lipinski definition) is 2. The SMILES string of the molecule is NC(CC(=O)O)c1c(Cl)cccc1C(F)(F)F. The Kier molecular flexibility index (Phi) is 4.00. The third-order valence-electron chi connectivity index (χ3n) is 2.12. The number of aliphatic carboxylic acids is 1. The molecule has 0 fully saturated rings. The van der Waals surface area contributed by atoms with Gasteiger partial charge in [-0.3, -0.25) is 4.79 Å². The Balaban J connectivity index is 3.25. The Bertz CT molecular complexity index is 434. The minimum atomic E-state index is -4.61. The van der Waals surface area contributed by atoms with Gasteiger partial charge in [-0.2, -0.15) is 13.2 Å². The lowest BCUT2D eigenvalue weighted by molar-refractivity contribution is -0.140. The zero-order valence-corrected chi connectivity index (χ0v) is 9.22. The fourth-order valence-corrected chi connectivity index (χ4v) is 1.77. The molecule has 1 unspecified atom stereocenters. The average Bonchev–Trinajstić information content (AvgIpc) is 2.14. The highest BCUT2D eigenvalue weighted by Gasteiger charge is 2.35. The highest BCUT2D eigenvalue weighted by atomic mass is 35.5. The van der Waals surface area contributed by atoms with Gasteiger partial charge in [0.25, 0.3) is 0 Å². The van der Waals surface area contributed by atoms with Crippen LogP contribution >= 0.6 is 11.6 Å². The van der Waals surface area contributed by atoms with Crippen LogP contribution in [0.4, 0.5) is 13.2 Å². The summed E-state index contributed by atoms with van der Waals surface area (Å²) in [4.78, 5) is 10.5. The maximum atomic E-state index is 12.7. The van der Waals surface area contributed by atoms with Crippen molar-refractivity contribution in [1.29, 1.82) is 0 Å². The van der Waals surface area contributed by atoms with Crippen molar-refractivity contribution in [2.75, 3.05) is 0 Å². The van der Waals surface area contributed by atoms with Crippen LogP contribution in [0.3, 0.4) is 0 Å². The van der Waals surface area contributed by atoms with Gasteiger partial charge in [0.2, 0.25) is 0 Å². The molecule has 1 aromatic carbocycles. The van der Waals surface area contributed by atoms with Crippen LogP contribution in [-0.2, 0) is 11.0 Å². The molecule has 3 nitrogen and oxygen atoms in total. The Morgan fingerprint density at radius 3 is 2.53 bits per heavy atom. The summed E-state index contributed by atoms with van der Waals surface area (Å²) in [5.74, 6) is -1.29. The number of carboxylic acids is 1. The van der Waals surface area contributed by atoms with Gasteiger partial charge in [0, 0.05) is 16.6 Å². The molecule has 0 aliphatic heterocycles. The van der Waals surface area contributed by atoms with Crippen molar-refractivity contribution in [2.24, 2.45) is 5.73 Å². The molecule has 94 valence electrons. The maximum absolute atomic E-state index is 12.7. The molecule has 0 amide bonds. The molecule has 0 aromatic heterocycles. The van der Waals surface area contributed by atoms with Crippen LogP contribution in [0.5, 0.6) is 0 Å². The quantitative estimate of drug-likeness (QED) is 0.885. The summed E-state index contributed by atoms with van der Waals surface area (Å²) in [6, 6.07) is 1.91. The number of alkyl halides is 3. The van der Waals surface area contributed by atoms with Crippen molar-refractivity contribution in [3.8, 4) is 0 Å². The molecule has 0 heterocycles. The van der Waals surface area contributed by atoms with Crippen LogP contribution in [0.1, 0.15) is 23.6 Å². The molecule has 0 radical (unpaired) electrons. The van der Waals surface area contributed by atoms with E-state index in [-0.39, 0.29) is 10.6 Å². The smallest absolute Gasteiger partial charge is 0.416 e. The first kappa shape index (κ1) is 13.8. The van der Waals surface area contributed by atoms with Crippen molar-refractivity contribution in [1.82, 2.24) is 0 Å². The molecule has 0 aliphatic rings. The molecule has 0 aliphatic carbocycles. The molecular formula is C10H9ClF3NO2. The molecule has 1 rings (SSSR count). The molecule has 3 N–H and O–H groups in total. The van der Waals surface area contributed by atoms with E-state index < -0.39 is 30.2 Å². The van der Waals surface area contributed by atoms with Crippen LogP contribution in [0.25, 0.3) is 0 Å². The van der Waals surface area contributed by atoms with Gasteiger partial charge in [-0.15, -0.1) is 0 Å². The van der Waals surface area contributed by atoms with Crippen molar-refractivity contribution in [2.45, 2.75) is 18.6 Å².